The summed E-state index contributed by atoms with van der Waals surface area (Å²) >= 11 is 0. The van der Waals surface area contributed by atoms with E-state index in [0.717, 1.165) is 66.1 Å². The van der Waals surface area contributed by atoms with Crippen LogP contribution in [0.3, 0.4) is 0 Å². The van der Waals surface area contributed by atoms with Crippen LogP contribution in [0.5, 0.6) is 0 Å². The van der Waals surface area contributed by atoms with Crippen LogP contribution in [0.25, 0.3) is 27.6 Å². The SMILES string of the molecule is CN1CCN(c2cc(-c3cnc4c(c3)C(c3ccc5ncncc5c3)=CC4)ccn2)CC1. The van der Waals surface area contributed by atoms with E-state index in [0.29, 0.717) is 0 Å². The average molecular weight is 421 g/mol. The first-order valence-corrected chi connectivity index (χ1v) is 11.0. The quantitative estimate of drug-likeness (QED) is 0.502. The van der Waals surface area contributed by atoms with Gasteiger partial charge < -0.3 is 9.80 Å². The van der Waals surface area contributed by atoms with Gasteiger partial charge >= 0.3 is 0 Å². The van der Waals surface area contributed by atoms with Gasteiger partial charge in [0.05, 0.1) is 11.2 Å². The van der Waals surface area contributed by atoms with Gasteiger partial charge in [-0.2, -0.15) is 0 Å². The lowest BCUT2D eigenvalue weighted by molar-refractivity contribution is 0.312. The monoisotopic (exact) mass is 420 g/mol. The maximum Gasteiger partial charge on any atom is 0.129 e. The van der Waals surface area contributed by atoms with Crippen LogP contribution in [0.4, 0.5) is 5.82 Å². The number of fused-ring (bicyclic) bond motifs is 2. The van der Waals surface area contributed by atoms with Crippen molar-refractivity contribution in [3.63, 3.8) is 0 Å². The number of pyridine rings is 2. The smallest absolute Gasteiger partial charge is 0.129 e. The van der Waals surface area contributed by atoms with Crippen molar-refractivity contribution in [3.05, 3.63) is 84.2 Å². The molecule has 6 nitrogen and oxygen atoms in total. The third-order valence-electron chi connectivity index (χ3n) is 6.48. The molecule has 0 amide bonds. The van der Waals surface area contributed by atoms with Crippen LogP contribution in [0.1, 0.15) is 16.8 Å². The number of allylic oxidation sites excluding steroid dienone is 1. The van der Waals surface area contributed by atoms with Gasteiger partial charge in [0, 0.05) is 67.7 Å². The Morgan fingerprint density at radius 2 is 1.72 bits per heavy atom. The molecular weight excluding hydrogens is 396 g/mol. The Bertz CT molecular complexity index is 1340. The van der Waals surface area contributed by atoms with Gasteiger partial charge in [-0.3, -0.25) is 4.98 Å². The number of anilines is 1. The molecular formula is C26H24N6. The zero-order valence-corrected chi connectivity index (χ0v) is 18.1. The first-order chi connectivity index (χ1) is 15.7. The fourth-order valence-corrected chi connectivity index (χ4v) is 4.59. The average Bonchev–Trinajstić information content (AvgIpc) is 3.27. The minimum absolute atomic E-state index is 0.858. The summed E-state index contributed by atoms with van der Waals surface area (Å²) in [6.45, 7) is 4.15. The Balaban J connectivity index is 1.34. The normalized spacial score (nSPS) is 16.3. The summed E-state index contributed by atoms with van der Waals surface area (Å²) in [6, 6.07) is 12.9. The lowest BCUT2D eigenvalue weighted by Crippen LogP contribution is -2.44. The summed E-state index contributed by atoms with van der Waals surface area (Å²) in [5.74, 6) is 1.04. The summed E-state index contributed by atoms with van der Waals surface area (Å²) in [5.41, 5.74) is 7.98. The van der Waals surface area contributed by atoms with E-state index in [9.17, 15) is 0 Å². The predicted octanol–water partition coefficient (Wildman–Crippen LogP) is 3.83. The minimum atomic E-state index is 0.858. The number of likely N-dealkylation sites (N-methyl/N-ethyl adjacent to an activating group) is 1. The second-order valence-corrected chi connectivity index (χ2v) is 8.53. The molecule has 3 aromatic heterocycles. The van der Waals surface area contributed by atoms with Crippen molar-refractivity contribution in [1.29, 1.82) is 0 Å². The molecule has 1 aromatic carbocycles. The van der Waals surface area contributed by atoms with Crippen molar-refractivity contribution < 1.29 is 0 Å². The van der Waals surface area contributed by atoms with Crippen LogP contribution in [0, 0.1) is 0 Å². The molecule has 32 heavy (non-hydrogen) atoms. The summed E-state index contributed by atoms with van der Waals surface area (Å²) in [4.78, 5) is 22.7. The fourth-order valence-electron chi connectivity index (χ4n) is 4.59. The highest BCUT2D eigenvalue weighted by Crippen LogP contribution is 2.35. The number of nitrogens with zero attached hydrogens (tertiary/aromatic N) is 6. The molecule has 6 rings (SSSR count). The molecule has 1 saturated heterocycles. The molecule has 6 heteroatoms. The molecule has 4 aromatic rings. The number of benzene rings is 1. The molecule has 0 bridgehead atoms. The van der Waals surface area contributed by atoms with Gasteiger partial charge in [0.15, 0.2) is 0 Å². The number of hydrogen-bond acceptors (Lipinski definition) is 6. The van der Waals surface area contributed by atoms with Gasteiger partial charge in [0.1, 0.15) is 12.1 Å². The topological polar surface area (TPSA) is 58.0 Å². The minimum Gasteiger partial charge on any atom is -0.354 e. The van der Waals surface area contributed by atoms with E-state index >= 15 is 0 Å². The van der Waals surface area contributed by atoms with Crippen LogP contribution in [0.15, 0.2) is 67.4 Å². The van der Waals surface area contributed by atoms with Gasteiger partial charge in [0.25, 0.3) is 0 Å². The Morgan fingerprint density at radius 3 is 2.62 bits per heavy atom. The number of rotatable bonds is 3. The van der Waals surface area contributed by atoms with Crippen LogP contribution in [0.2, 0.25) is 0 Å². The van der Waals surface area contributed by atoms with Crippen LogP contribution in [-0.4, -0.2) is 58.1 Å². The molecule has 0 radical (unpaired) electrons. The number of hydrogen-bond donors (Lipinski definition) is 0. The molecule has 0 N–H and O–H groups in total. The highest BCUT2D eigenvalue weighted by atomic mass is 15.3. The van der Waals surface area contributed by atoms with E-state index in [1.54, 1.807) is 6.33 Å². The molecule has 0 unspecified atom stereocenters. The van der Waals surface area contributed by atoms with Crippen LogP contribution in [-0.2, 0) is 6.42 Å². The maximum atomic E-state index is 4.81. The zero-order valence-electron chi connectivity index (χ0n) is 18.1. The summed E-state index contributed by atoms with van der Waals surface area (Å²) in [5, 5.41) is 1.05. The van der Waals surface area contributed by atoms with Gasteiger partial charge in [-0.1, -0.05) is 12.1 Å². The third-order valence-corrected chi connectivity index (χ3v) is 6.48. The van der Waals surface area contributed by atoms with E-state index in [-0.39, 0.29) is 0 Å². The Hall–Kier alpha value is -3.64. The Morgan fingerprint density at radius 1 is 0.812 bits per heavy atom. The van der Waals surface area contributed by atoms with Crippen molar-refractivity contribution in [2.24, 2.45) is 0 Å². The van der Waals surface area contributed by atoms with Gasteiger partial charge in [-0.25, -0.2) is 15.0 Å². The summed E-state index contributed by atoms with van der Waals surface area (Å²) in [7, 11) is 2.17. The summed E-state index contributed by atoms with van der Waals surface area (Å²) in [6.07, 6.45) is 10.5. The Kier molecular flexibility index (Phi) is 4.65. The van der Waals surface area contributed by atoms with Crippen molar-refractivity contribution >= 4 is 22.3 Å². The van der Waals surface area contributed by atoms with Crippen molar-refractivity contribution in [2.75, 3.05) is 38.1 Å². The highest BCUT2D eigenvalue weighted by molar-refractivity contribution is 5.90. The standard InChI is InChI=1S/C26H24N6/c1-31-8-10-32(11-9-31)26-14-18(6-7-28-26)20-13-23-22(3-5-25(23)29-16-20)19-2-4-24-21(12-19)15-27-17-30-24/h2-4,6-7,12-17H,5,8-11H2,1H3. The van der Waals surface area contributed by atoms with E-state index in [1.807, 2.05) is 18.6 Å². The van der Waals surface area contributed by atoms with Crippen LogP contribution < -0.4 is 4.90 Å². The molecule has 2 aliphatic rings. The first kappa shape index (κ1) is 19.1. The van der Waals surface area contributed by atoms with Crippen molar-refractivity contribution in [2.45, 2.75) is 6.42 Å². The lowest BCUT2D eigenvalue weighted by Gasteiger charge is -2.33. The molecule has 1 aliphatic heterocycles. The van der Waals surface area contributed by atoms with E-state index in [4.69, 9.17) is 4.98 Å². The zero-order chi connectivity index (χ0) is 21.5. The molecule has 0 spiro atoms. The Labute approximate surface area is 187 Å². The van der Waals surface area contributed by atoms with E-state index < -0.39 is 0 Å². The molecule has 0 saturated carbocycles. The van der Waals surface area contributed by atoms with Crippen molar-refractivity contribution in [3.8, 4) is 11.1 Å². The first-order valence-electron chi connectivity index (χ1n) is 11.0. The number of piperazine rings is 1. The maximum absolute atomic E-state index is 4.81. The van der Waals surface area contributed by atoms with Crippen molar-refractivity contribution in [1.82, 2.24) is 24.8 Å². The van der Waals surface area contributed by atoms with E-state index in [2.05, 4.69) is 74.3 Å². The third kappa shape index (κ3) is 3.42. The summed E-state index contributed by atoms with van der Waals surface area (Å²) < 4.78 is 0. The highest BCUT2D eigenvalue weighted by Gasteiger charge is 2.19. The molecule has 1 aliphatic carbocycles. The van der Waals surface area contributed by atoms with Gasteiger partial charge in [0.2, 0.25) is 0 Å². The predicted molar refractivity (Wildman–Crippen MR) is 127 cm³/mol. The van der Waals surface area contributed by atoms with Crippen LogP contribution >= 0.6 is 0 Å². The second-order valence-electron chi connectivity index (χ2n) is 8.53. The molecule has 158 valence electrons. The van der Waals surface area contributed by atoms with Gasteiger partial charge in [-0.15, -0.1) is 0 Å². The number of aromatic nitrogens is 4. The van der Waals surface area contributed by atoms with Gasteiger partial charge in [-0.05, 0) is 54.1 Å². The largest absolute Gasteiger partial charge is 0.354 e. The molecule has 1 fully saturated rings. The fraction of sp³-hybridized carbons (Fsp3) is 0.231. The lowest BCUT2D eigenvalue weighted by atomic mass is 9.97. The van der Waals surface area contributed by atoms with E-state index in [1.165, 1.54) is 16.7 Å². The second kappa shape index (κ2) is 7.80. The molecule has 4 heterocycles. The molecule has 0 atom stereocenters.